The molecular weight excluding hydrogens is 358 g/mol. The molecule has 0 spiro atoms. The van der Waals surface area contributed by atoms with Gasteiger partial charge in [0.25, 0.3) is 5.91 Å². The Morgan fingerprint density at radius 3 is 2.48 bits per heavy atom. The lowest BCUT2D eigenvalue weighted by atomic mass is 9.89. The van der Waals surface area contributed by atoms with Crippen LogP contribution in [0.5, 0.6) is 5.75 Å². The van der Waals surface area contributed by atoms with Gasteiger partial charge in [-0.05, 0) is 67.0 Å². The second kappa shape index (κ2) is 8.95. The lowest BCUT2D eigenvalue weighted by Gasteiger charge is -2.20. The lowest BCUT2D eigenvalue weighted by molar-refractivity contribution is 0.0935. The summed E-state index contributed by atoms with van der Waals surface area (Å²) in [5, 5.41) is 3.14. The van der Waals surface area contributed by atoms with E-state index < -0.39 is 0 Å². The first kappa shape index (κ1) is 19.3. The predicted molar refractivity (Wildman–Crippen MR) is 116 cm³/mol. The molecule has 1 aliphatic carbocycles. The molecule has 0 aromatic heterocycles. The van der Waals surface area contributed by atoms with Crippen molar-refractivity contribution in [1.29, 1.82) is 0 Å². The molecule has 0 heterocycles. The van der Waals surface area contributed by atoms with E-state index in [2.05, 4.69) is 23.5 Å². The fourth-order valence-corrected chi connectivity index (χ4v) is 3.90. The zero-order chi connectivity index (χ0) is 20.1. The molecule has 0 aliphatic heterocycles. The van der Waals surface area contributed by atoms with E-state index in [1.165, 1.54) is 30.4 Å². The largest absolute Gasteiger partial charge is 0.488 e. The van der Waals surface area contributed by atoms with Gasteiger partial charge in [0.2, 0.25) is 0 Å². The normalized spacial score (nSPS) is 14.0. The van der Waals surface area contributed by atoms with Crippen LogP contribution in [0.4, 0.5) is 0 Å². The fraction of sp³-hybridized carbons (Fsp3) is 0.269. The number of aryl methyl sites for hydroxylation is 2. The molecule has 0 saturated heterocycles. The molecule has 3 heteroatoms. The van der Waals surface area contributed by atoms with Crippen molar-refractivity contribution in [3.63, 3.8) is 0 Å². The average Bonchev–Trinajstić information content (AvgIpc) is 2.78. The summed E-state index contributed by atoms with van der Waals surface area (Å²) in [6.07, 6.45) is 4.84. The fourth-order valence-electron chi connectivity index (χ4n) is 3.90. The summed E-state index contributed by atoms with van der Waals surface area (Å²) in [7, 11) is 0. The minimum Gasteiger partial charge on any atom is -0.488 e. The minimum atomic E-state index is -0.112. The number of para-hydroxylation sites is 1. The summed E-state index contributed by atoms with van der Waals surface area (Å²) < 4.78 is 5.95. The maximum atomic E-state index is 13.0. The van der Waals surface area contributed by atoms with Crippen LogP contribution >= 0.6 is 0 Å². The molecule has 1 amide bonds. The molecule has 0 radical (unpaired) electrons. The molecule has 3 aromatic rings. The summed E-state index contributed by atoms with van der Waals surface area (Å²) in [5.41, 5.74) is 5.68. The first-order valence-corrected chi connectivity index (χ1v) is 10.4. The maximum absolute atomic E-state index is 13.0. The van der Waals surface area contributed by atoms with E-state index in [-0.39, 0.29) is 11.9 Å². The van der Waals surface area contributed by atoms with Crippen molar-refractivity contribution in [2.24, 2.45) is 0 Å². The Hall–Kier alpha value is -3.07. The second-order valence-electron chi connectivity index (χ2n) is 7.70. The van der Waals surface area contributed by atoms with Gasteiger partial charge in [0.15, 0.2) is 0 Å². The zero-order valence-electron chi connectivity index (χ0n) is 16.9. The highest BCUT2D eigenvalue weighted by molar-refractivity contribution is 5.97. The summed E-state index contributed by atoms with van der Waals surface area (Å²) in [6.45, 7) is 2.47. The Labute approximate surface area is 172 Å². The van der Waals surface area contributed by atoms with Crippen LogP contribution in [0.3, 0.4) is 0 Å². The predicted octanol–water partition coefficient (Wildman–Crippen LogP) is 5.64. The Morgan fingerprint density at radius 1 is 0.931 bits per heavy atom. The van der Waals surface area contributed by atoms with E-state index in [0.717, 1.165) is 17.5 Å². The van der Waals surface area contributed by atoms with Crippen molar-refractivity contribution < 1.29 is 9.53 Å². The van der Waals surface area contributed by atoms with Gasteiger partial charge in [-0.15, -0.1) is 0 Å². The summed E-state index contributed by atoms with van der Waals surface area (Å²) in [6, 6.07) is 24.0. The van der Waals surface area contributed by atoms with E-state index in [1.54, 1.807) is 0 Å². The SMILES string of the molecule is C[C@@H](NC(=O)c1ccccc1OCc1ccccc1)c1ccc2c(c1)CCCC2. The summed E-state index contributed by atoms with van der Waals surface area (Å²) in [4.78, 5) is 13.0. The Balaban J connectivity index is 1.45. The number of carbonyl (C=O) groups is 1. The number of rotatable bonds is 6. The van der Waals surface area contributed by atoms with Crippen LogP contribution in [-0.4, -0.2) is 5.91 Å². The molecule has 1 atom stereocenters. The van der Waals surface area contributed by atoms with Crippen LogP contribution in [0.25, 0.3) is 0 Å². The number of carbonyl (C=O) groups excluding carboxylic acids is 1. The molecule has 3 aromatic carbocycles. The Kier molecular flexibility index (Phi) is 5.95. The number of amides is 1. The van der Waals surface area contributed by atoms with Crippen LogP contribution in [-0.2, 0) is 19.4 Å². The van der Waals surface area contributed by atoms with Gasteiger partial charge in [-0.3, -0.25) is 4.79 Å². The van der Waals surface area contributed by atoms with Gasteiger partial charge in [-0.2, -0.15) is 0 Å². The lowest BCUT2D eigenvalue weighted by Crippen LogP contribution is -2.27. The van der Waals surface area contributed by atoms with Crippen LogP contribution in [0.1, 0.15) is 58.4 Å². The smallest absolute Gasteiger partial charge is 0.255 e. The molecule has 0 fully saturated rings. The molecule has 1 aliphatic rings. The molecule has 4 rings (SSSR count). The van der Waals surface area contributed by atoms with E-state index in [4.69, 9.17) is 4.74 Å². The minimum absolute atomic E-state index is 0.0584. The average molecular weight is 386 g/mol. The van der Waals surface area contributed by atoms with Crippen molar-refractivity contribution in [2.75, 3.05) is 0 Å². The third-order valence-electron chi connectivity index (χ3n) is 5.59. The van der Waals surface area contributed by atoms with Gasteiger partial charge in [-0.1, -0.05) is 60.7 Å². The highest BCUT2D eigenvalue weighted by Gasteiger charge is 2.17. The standard InChI is InChI=1S/C26H27NO2/c1-19(22-16-15-21-11-5-6-12-23(21)17-22)27-26(28)24-13-7-8-14-25(24)29-18-20-9-3-2-4-10-20/h2-4,7-10,13-17,19H,5-6,11-12,18H2,1H3,(H,27,28)/t19-/m1/s1. The van der Waals surface area contributed by atoms with E-state index in [1.807, 2.05) is 61.5 Å². The second-order valence-corrected chi connectivity index (χ2v) is 7.70. The number of fused-ring (bicyclic) bond motifs is 1. The van der Waals surface area contributed by atoms with Gasteiger partial charge in [-0.25, -0.2) is 0 Å². The van der Waals surface area contributed by atoms with E-state index >= 15 is 0 Å². The molecule has 0 unspecified atom stereocenters. The Bertz CT molecular complexity index is 981. The van der Waals surface area contributed by atoms with Gasteiger partial charge in [0, 0.05) is 0 Å². The highest BCUT2D eigenvalue weighted by atomic mass is 16.5. The molecule has 3 nitrogen and oxygen atoms in total. The maximum Gasteiger partial charge on any atom is 0.255 e. The summed E-state index contributed by atoms with van der Waals surface area (Å²) in [5.74, 6) is 0.491. The molecule has 148 valence electrons. The number of hydrogen-bond acceptors (Lipinski definition) is 2. The number of hydrogen-bond donors (Lipinski definition) is 1. The number of ether oxygens (including phenoxy) is 1. The van der Waals surface area contributed by atoms with Gasteiger partial charge < -0.3 is 10.1 Å². The van der Waals surface area contributed by atoms with E-state index in [9.17, 15) is 4.79 Å². The van der Waals surface area contributed by atoms with Crippen molar-refractivity contribution in [3.8, 4) is 5.75 Å². The summed E-state index contributed by atoms with van der Waals surface area (Å²) >= 11 is 0. The first-order valence-electron chi connectivity index (χ1n) is 10.4. The van der Waals surface area contributed by atoms with Crippen LogP contribution < -0.4 is 10.1 Å². The first-order chi connectivity index (χ1) is 14.2. The number of nitrogens with one attached hydrogen (secondary N) is 1. The van der Waals surface area contributed by atoms with Gasteiger partial charge >= 0.3 is 0 Å². The van der Waals surface area contributed by atoms with Crippen LogP contribution in [0.15, 0.2) is 72.8 Å². The molecule has 0 saturated carbocycles. The Morgan fingerprint density at radius 2 is 1.66 bits per heavy atom. The third-order valence-corrected chi connectivity index (χ3v) is 5.59. The zero-order valence-corrected chi connectivity index (χ0v) is 16.9. The monoisotopic (exact) mass is 385 g/mol. The van der Waals surface area contributed by atoms with Crippen molar-refractivity contribution >= 4 is 5.91 Å². The highest BCUT2D eigenvalue weighted by Crippen LogP contribution is 2.26. The topological polar surface area (TPSA) is 38.3 Å². The molecule has 29 heavy (non-hydrogen) atoms. The van der Waals surface area contributed by atoms with Crippen LogP contribution in [0, 0.1) is 0 Å². The molecule has 1 N–H and O–H groups in total. The van der Waals surface area contributed by atoms with Gasteiger partial charge in [0.05, 0.1) is 11.6 Å². The van der Waals surface area contributed by atoms with Crippen molar-refractivity contribution in [3.05, 3.63) is 101 Å². The quantitative estimate of drug-likeness (QED) is 0.597. The van der Waals surface area contributed by atoms with Crippen molar-refractivity contribution in [1.82, 2.24) is 5.32 Å². The van der Waals surface area contributed by atoms with Crippen molar-refractivity contribution in [2.45, 2.75) is 45.3 Å². The third kappa shape index (κ3) is 4.68. The molecule has 0 bridgehead atoms. The molecular formula is C26H27NO2. The van der Waals surface area contributed by atoms with Crippen LogP contribution in [0.2, 0.25) is 0 Å². The number of benzene rings is 3. The van der Waals surface area contributed by atoms with Gasteiger partial charge in [0.1, 0.15) is 12.4 Å². The van der Waals surface area contributed by atoms with E-state index in [0.29, 0.717) is 17.9 Å².